The van der Waals surface area contributed by atoms with Crippen LogP contribution < -0.4 is 0 Å². The van der Waals surface area contributed by atoms with Crippen LogP contribution in [0.1, 0.15) is 5.56 Å². The van der Waals surface area contributed by atoms with E-state index in [9.17, 15) is 13.2 Å². The van der Waals surface area contributed by atoms with Gasteiger partial charge in [0.15, 0.2) is 11.6 Å². The summed E-state index contributed by atoms with van der Waals surface area (Å²) in [5, 5.41) is 0. The van der Waals surface area contributed by atoms with Crippen molar-refractivity contribution >= 4 is 11.6 Å². The molecule has 0 N–H and O–H groups in total. The van der Waals surface area contributed by atoms with Crippen molar-refractivity contribution in [1.82, 2.24) is 0 Å². The van der Waals surface area contributed by atoms with Gasteiger partial charge in [-0.1, -0.05) is 0 Å². The van der Waals surface area contributed by atoms with Gasteiger partial charge in [0.25, 0.3) is 0 Å². The normalized spacial score (nSPS) is 10.2. The number of hydrogen-bond acceptors (Lipinski definition) is 0. The van der Waals surface area contributed by atoms with Gasteiger partial charge in [-0.25, -0.2) is 13.2 Å². The first-order chi connectivity index (χ1) is 5.15. The zero-order valence-electron chi connectivity index (χ0n) is 5.37. The summed E-state index contributed by atoms with van der Waals surface area (Å²) in [6, 6.07) is 1.34. The molecule has 0 heterocycles. The average molecular weight is 181 g/mol. The van der Waals surface area contributed by atoms with Crippen molar-refractivity contribution in [2.45, 2.75) is 5.88 Å². The third kappa shape index (κ3) is 1.66. The second-order valence-corrected chi connectivity index (χ2v) is 2.26. The Bertz CT molecular complexity index is 273. The zero-order chi connectivity index (χ0) is 8.43. The van der Waals surface area contributed by atoms with Crippen LogP contribution in [0.4, 0.5) is 13.2 Å². The molecule has 0 saturated heterocycles. The minimum atomic E-state index is -1.21. The van der Waals surface area contributed by atoms with Crippen molar-refractivity contribution in [1.29, 1.82) is 0 Å². The van der Waals surface area contributed by atoms with E-state index in [1.54, 1.807) is 0 Å². The van der Waals surface area contributed by atoms with E-state index in [1.165, 1.54) is 0 Å². The fourth-order valence-corrected chi connectivity index (χ4v) is 0.901. The van der Waals surface area contributed by atoms with Gasteiger partial charge in [-0.15, -0.1) is 11.6 Å². The minimum Gasteiger partial charge on any atom is -0.207 e. The van der Waals surface area contributed by atoms with E-state index in [0.29, 0.717) is 6.07 Å². The van der Waals surface area contributed by atoms with E-state index >= 15 is 0 Å². The lowest BCUT2D eigenvalue weighted by Crippen LogP contribution is -1.93. The summed E-state index contributed by atoms with van der Waals surface area (Å²) in [6.07, 6.45) is 0. The number of hydrogen-bond donors (Lipinski definition) is 0. The Morgan fingerprint density at radius 3 is 2.36 bits per heavy atom. The Kier molecular flexibility index (Phi) is 2.39. The smallest absolute Gasteiger partial charge is 0.163 e. The first-order valence-corrected chi connectivity index (χ1v) is 3.38. The topological polar surface area (TPSA) is 0 Å². The zero-order valence-corrected chi connectivity index (χ0v) is 6.13. The van der Waals surface area contributed by atoms with Crippen molar-refractivity contribution in [3.63, 3.8) is 0 Å². The highest BCUT2D eigenvalue weighted by atomic mass is 35.5. The molecule has 0 radical (unpaired) electrons. The highest BCUT2D eigenvalue weighted by Gasteiger charge is 2.09. The molecule has 0 nitrogen and oxygen atoms in total. The molecular weight excluding hydrogens is 177 g/mol. The number of benzene rings is 1. The van der Waals surface area contributed by atoms with E-state index in [2.05, 4.69) is 0 Å². The van der Waals surface area contributed by atoms with Crippen LogP contribution in [-0.2, 0) is 5.88 Å². The predicted molar refractivity (Wildman–Crippen MR) is 35.9 cm³/mol. The standard InChI is InChI=1S/C7H4ClF3/c8-3-4-1-5(9)2-6(10)7(4)11/h1-2H,3H2. The van der Waals surface area contributed by atoms with Gasteiger partial charge in [0.05, 0.1) is 5.88 Å². The molecule has 0 aliphatic carbocycles. The molecule has 0 aromatic heterocycles. The fourth-order valence-electron chi connectivity index (χ4n) is 0.707. The molecule has 1 aromatic carbocycles. The Balaban J connectivity index is 3.24. The van der Waals surface area contributed by atoms with E-state index in [-0.39, 0.29) is 11.4 Å². The van der Waals surface area contributed by atoms with Crippen LogP contribution in [0.2, 0.25) is 0 Å². The highest BCUT2D eigenvalue weighted by Crippen LogP contribution is 2.15. The van der Waals surface area contributed by atoms with Crippen molar-refractivity contribution in [3.05, 3.63) is 35.1 Å². The van der Waals surface area contributed by atoms with Crippen LogP contribution in [0.25, 0.3) is 0 Å². The summed E-state index contributed by atoms with van der Waals surface area (Å²) in [7, 11) is 0. The molecule has 0 unspecified atom stereocenters. The lowest BCUT2D eigenvalue weighted by molar-refractivity contribution is 0.488. The number of rotatable bonds is 1. The SMILES string of the molecule is Fc1cc(F)c(F)c(CCl)c1. The maximum Gasteiger partial charge on any atom is 0.163 e. The molecule has 0 amide bonds. The maximum atomic E-state index is 12.6. The molecule has 4 heteroatoms. The monoisotopic (exact) mass is 180 g/mol. The quantitative estimate of drug-likeness (QED) is 0.461. The van der Waals surface area contributed by atoms with Crippen LogP contribution in [0.5, 0.6) is 0 Å². The molecule has 60 valence electrons. The first-order valence-electron chi connectivity index (χ1n) is 2.84. The van der Waals surface area contributed by atoms with Gasteiger partial charge in [-0.3, -0.25) is 0 Å². The van der Waals surface area contributed by atoms with Crippen molar-refractivity contribution in [2.75, 3.05) is 0 Å². The first kappa shape index (κ1) is 8.40. The van der Waals surface area contributed by atoms with Gasteiger partial charge >= 0.3 is 0 Å². The summed E-state index contributed by atoms with van der Waals surface area (Å²) in [5.41, 5.74) is -0.163. The molecule has 0 atom stereocenters. The van der Waals surface area contributed by atoms with E-state index in [4.69, 9.17) is 11.6 Å². The van der Waals surface area contributed by atoms with Crippen LogP contribution in [-0.4, -0.2) is 0 Å². The molecule has 0 spiro atoms. The summed E-state index contributed by atoms with van der Waals surface area (Å²) in [4.78, 5) is 0. The second kappa shape index (κ2) is 3.13. The van der Waals surface area contributed by atoms with Gasteiger partial charge in [0, 0.05) is 11.6 Å². The fraction of sp³-hybridized carbons (Fsp3) is 0.143. The molecule has 1 aromatic rings. The predicted octanol–water partition coefficient (Wildman–Crippen LogP) is 2.84. The molecule has 0 bridgehead atoms. The third-order valence-electron chi connectivity index (χ3n) is 1.21. The molecule has 0 aliphatic rings. The van der Waals surface area contributed by atoms with Crippen molar-refractivity contribution in [2.24, 2.45) is 0 Å². The largest absolute Gasteiger partial charge is 0.207 e. The maximum absolute atomic E-state index is 12.6. The molecule has 0 aliphatic heterocycles. The lowest BCUT2D eigenvalue weighted by atomic mass is 10.2. The van der Waals surface area contributed by atoms with Crippen LogP contribution >= 0.6 is 11.6 Å². The summed E-state index contributed by atoms with van der Waals surface area (Å²) in [6.45, 7) is 0. The van der Waals surface area contributed by atoms with E-state index in [0.717, 1.165) is 6.07 Å². The Labute approximate surface area is 66.6 Å². The number of halogens is 4. The molecule has 0 saturated carbocycles. The van der Waals surface area contributed by atoms with E-state index in [1.807, 2.05) is 0 Å². The second-order valence-electron chi connectivity index (χ2n) is 1.99. The third-order valence-corrected chi connectivity index (χ3v) is 1.50. The van der Waals surface area contributed by atoms with Crippen LogP contribution in [0, 0.1) is 17.5 Å². The summed E-state index contributed by atoms with van der Waals surface area (Å²) < 4.78 is 37.2. The van der Waals surface area contributed by atoms with Gasteiger partial charge in [0.1, 0.15) is 5.82 Å². The Morgan fingerprint density at radius 2 is 1.82 bits per heavy atom. The Hall–Kier alpha value is -0.700. The Morgan fingerprint density at radius 1 is 1.18 bits per heavy atom. The molecular formula is C7H4ClF3. The number of alkyl halides is 1. The minimum absolute atomic E-state index is 0.163. The van der Waals surface area contributed by atoms with Crippen molar-refractivity contribution < 1.29 is 13.2 Å². The molecule has 11 heavy (non-hydrogen) atoms. The summed E-state index contributed by atoms with van der Waals surface area (Å²) >= 11 is 5.20. The van der Waals surface area contributed by atoms with Crippen LogP contribution in [0.3, 0.4) is 0 Å². The molecule has 0 fully saturated rings. The van der Waals surface area contributed by atoms with Crippen molar-refractivity contribution in [3.8, 4) is 0 Å². The lowest BCUT2D eigenvalue weighted by Gasteiger charge is -1.98. The van der Waals surface area contributed by atoms with Gasteiger partial charge in [0.2, 0.25) is 0 Å². The van der Waals surface area contributed by atoms with Gasteiger partial charge in [-0.2, -0.15) is 0 Å². The highest BCUT2D eigenvalue weighted by molar-refractivity contribution is 6.17. The molecule has 1 rings (SSSR count). The van der Waals surface area contributed by atoms with Gasteiger partial charge < -0.3 is 0 Å². The van der Waals surface area contributed by atoms with Gasteiger partial charge in [-0.05, 0) is 6.07 Å². The average Bonchev–Trinajstić information content (AvgIpc) is 1.96. The van der Waals surface area contributed by atoms with Crippen LogP contribution in [0.15, 0.2) is 12.1 Å². The summed E-state index contributed by atoms with van der Waals surface area (Å²) in [5.74, 6) is -3.35. The van der Waals surface area contributed by atoms with E-state index < -0.39 is 17.5 Å².